The minimum Gasteiger partial charge on any atom is -0.476 e. The van der Waals surface area contributed by atoms with Gasteiger partial charge in [-0.1, -0.05) is 0 Å². The Hall–Kier alpha value is -2.02. The largest absolute Gasteiger partial charge is 0.476 e. The molecule has 0 saturated heterocycles. The first-order valence-electron chi connectivity index (χ1n) is 5.36. The molecule has 2 aromatic heterocycles. The first kappa shape index (κ1) is 12.4. The van der Waals surface area contributed by atoms with Gasteiger partial charge in [0, 0.05) is 11.3 Å². The Labute approximate surface area is 108 Å². The van der Waals surface area contributed by atoms with E-state index in [0.29, 0.717) is 18.1 Å². The molecule has 18 heavy (non-hydrogen) atoms. The molecule has 0 amide bonds. The van der Waals surface area contributed by atoms with E-state index < -0.39 is 0 Å². The van der Waals surface area contributed by atoms with Crippen molar-refractivity contribution in [1.29, 1.82) is 5.41 Å². The molecule has 0 aliphatic rings. The third-order valence-corrected chi connectivity index (χ3v) is 3.38. The summed E-state index contributed by atoms with van der Waals surface area (Å²) in [7, 11) is 0. The zero-order chi connectivity index (χ0) is 13.0. The van der Waals surface area contributed by atoms with Crippen molar-refractivity contribution in [2.75, 3.05) is 6.61 Å². The van der Waals surface area contributed by atoms with Crippen molar-refractivity contribution in [2.45, 2.75) is 13.3 Å². The highest BCUT2D eigenvalue weighted by Gasteiger charge is 2.09. The number of nitrogens with two attached hydrogens (primary N) is 1. The van der Waals surface area contributed by atoms with Crippen LogP contribution in [0, 0.1) is 12.3 Å². The van der Waals surface area contributed by atoms with E-state index in [1.807, 2.05) is 12.4 Å². The fourth-order valence-corrected chi connectivity index (χ4v) is 2.20. The lowest BCUT2D eigenvalue weighted by Gasteiger charge is -2.07. The Bertz CT molecular complexity index is 554. The van der Waals surface area contributed by atoms with Gasteiger partial charge in [-0.05, 0) is 13.0 Å². The molecular weight excluding hydrogens is 250 g/mol. The van der Waals surface area contributed by atoms with Crippen molar-refractivity contribution in [2.24, 2.45) is 5.73 Å². The lowest BCUT2D eigenvalue weighted by Crippen LogP contribution is -2.15. The third kappa shape index (κ3) is 2.80. The highest BCUT2D eigenvalue weighted by molar-refractivity contribution is 7.09. The first-order valence-corrected chi connectivity index (χ1v) is 6.24. The normalized spacial score (nSPS) is 10.3. The SMILES string of the molecule is Cc1ncsc1CCOc1nnccc1C(=N)N. The van der Waals surface area contributed by atoms with Crippen molar-refractivity contribution in [3.8, 4) is 5.88 Å². The number of ether oxygens (including phenoxy) is 1. The molecule has 0 aliphatic heterocycles. The van der Waals surface area contributed by atoms with Crippen LogP contribution in [0.4, 0.5) is 0 Å². The molecule has 0 fully saturated rings. The van der Waals surface area contributed by atoms with Crippen LogP contribution in [0.2, 0.25) is 0 Å². The molecule has 0 bridgehead atoms. The lowest BCUT2D eigenvalue weighted by molar-refractivity contribution is 0.305. The van der Waals surface area contributed by atoms with Crippen LogP contribution in [0.15, 0.2) is 17.8 Å². The van der Waals surface area contributed by atoms with Crippen LogP contribution >= 0.6 is 11.3 Å². The van der Waals surface area contributed by atoms with Gasteiger partial charge in [0.15, 0.2) is 0 Å². The first-order chi connectivity index (χ1) is 8.68. The second kappa shape index (κ2) is 5.54. The number of nitrogen functional groups attached to an aromatic ring is 1. The molecule has 2 heterocycles. The van der Waals surface area contributed by atoms with E-state index in [4.69, 9.17) is 15.9 Å². The van der Waals surface area contributed by atoms with Gasteiger partial charge in [0.1, 0.15) is 5.84 Å². The van der Waals surface area contributed by atoms with Crippen LogP contribution in [0.25, 0.3) is 0 Å². The molecule has 94 valence electrons. The van der Waals surface area contributed by atoms with Crippen LogP contribution in [0.1, 0.15) is 16.1 Å². The minimum absolute atomic E-state index is 0.0751. The van der Waals surface area contributed by atoms with Crippen LogP contribution in [0.5, 0.6) is 5.88 Å². The zero-order valence-corrected chi connectivity index (χ0v) is 10.7. The van der Waals surface area contributed by atoms with Gasteiger partial charge in [0.2, 0.25) is 5.88 Å². The lowest BCUT2D eigenvalue weighted by atomic mass is 10.3. The second-order valence-electron chi connectivity index (χ2n) is 3.62. The fraction of sp³-hybridized carbons (Fsp3) is 0.273. The standard InChI is InChI=1S/C11H13N5OS/c1-7-9(18-6-14-7)3-5-17-11-8(10(12)13)2-4-15-16-11/h2,4,6H,3,5H2,1H3,(H3,12,13). The van der Waals surface area contributed by atoms with Gasteiger partial charge in [-0.25, -0.2) is 4.98 Å². The van der Waals surface area contributed by atoms with Crippen molar-refractivity contribution in [3.63, 3.8) is 0 Å². The van der Waals surface area contributed by atoms with E-state index >= 15 is 0 Å². The maximum atomic E-state index is 7.41. The molecule has 0 atom stereocenters. The molecular formula is C11H13N5OS. The van der Waals surface area contributed by atoms with E-state index in [0.717, 1.165) is 12.1 Å². The average Bonchev–Trinajstić information content (AvgIpc) is 2.76. The summed E-state index contributed by atoms with van der Waals surface area (Å²) in [6.45, 7) is 2.43. The smallest absolute Gasteiger partial charge is 0.244 e. The summed E-state index contributed by atoms with van der Waals surface area (Å²) < 4.78 is 5.51. The number of hydrogen-bond donors (Lipinski definition) is 2. The number of nitrogens with one attached hydrogen (secondary N) is 1. The maximum absolute atomic E-state index is 7.41. The molecule has 0 saturated carbocycles. The Kier molecular flexibility index (Phi) is 3.83. The summed E-state index contributed by atoms with van der Waals surface area (Å²) in [6, 6.07) is 1.61. The summed E-state index contributed by atoms with van der Waals surface area (Å²) >= 11 is 1.60. The van der Waals surface area contributed by atoms with Gasteiger partial charge in [0.25, 0.3) is 0 Å². The molecule has 0 aromatic carbocycles. The van der Waals surface area contributed by atoms with Crippen LogP contribution < -0.4 is 10.5 Å². The number of amidine groups is 1. The van der Waals surface area contributed by atoms with Crippen LogP contribution in [-0.2, 0) is 6.42 Å². The molecule has 0 unspecified atom stereocenters. The molecule has 2 rings (SSSR count). The summed E-state index contributed by atoms with van der Waals surface area (Å²) in [5.74, 6) is 0.223. The number of rotatable bonds is 5. The van der Waals surface area contributed by atoms with E-state index in [-0.39, 0.29) is 5.84 Å². The summed E-state index contributed by atoms with van der Waals surface area (Å²) in [4.78, 5) is 5.35. The topological polar surface area (TPSA) is 97.8 Å². The molecule has 2 aromatic rings. The van der Waals surface area contributed by atoms with E-state index in [9.17, 15) is 0 Å². The average molecular weight is 263 g/mol. The number of aryl methyl sites for hydroxylation is 1. The number of nitrogens with zero attached hydrogens (tertiary/aromatic N) is 3. The van der Waals surface area contributed by atoms with Crippen molar-refractivity contribution < 1.29 is 4.74 Å². The number of thiazole rings is 1. The van der Waals surface area contributed by atoms with Crippen LogP contribution in [-0.4, -0.2) is 27.6 Å². The molecule has 0 radical (unpaired) electrons. The Balaban J connectivity index is 1.99. The highest BCUT2D eigenvalue weighted by atomic mass is 32.1. The van der Waals surface area contributed by atoms with Gasteiger partial charge in [-0.3, -0.25) is 5.41 Å². The van der Waals surface area contributed by atoms with E-state index in [1.54, 1.807) is 17.4 Å². The summed E-state index contributed by atoms with van der Waals surface area (Å²) in [5, 5.41) is 15.0. The molecule has 7 heteroatoms. The molecule has 0 aliphatic carbocycles. The van der Waals surface area contributed by atoms with Gasteiger partial charge >= 0.3 is 0 Å². The summed E-state index contributed by atoms with van der Waals surface area (Å²) in [5.41, 5.74) is 8.73. The molecule has 6 nitrogen and oxygen atoms in total. The quantitative estimate of drug-likeness (QED) is 0.623. The van der Waals surface area contributed by atoms with Crippen LogP contribution in [0.3, 0.4) is 0 Å². The Morgan fingerprint density at radius 1 is 1.56 bits per heavy atom. The monoisotopic (exact) mass is 263 g/mol. The number of aromatic nitrogens is 3. The molecule has 0 spiro atoms. The van der Waals surface area contributed by atoms with Gasteiger partial charge < -0.3 is 10.5 Å². The summed E-state index contributed by atoms with van der Waals surface area (Å²) in [6.07, 6.45) is 2.24. The predicted octanol–water partition coefficient (Wildman–Crippen LogP) is 1.15. The fourth-order valence-electron chi connectivity index (χ4n) is 1.44. The maximum Gasteiger partial charge on any atom is 0.244 e. The van der Waals surface area contributed by atoms with Gasteiger partial charge in [0.05, 0.1) is 29.6 Å². The predicted molar refractivity (Wildman–Crippen MR) is 69.1 cm³/mol. The van der Waals surface area contributed by atoms with E-state index in [2.05, 4.69) is 15.2 Å². The van der Waals surface area contributed by atoms with E-state index in [1.165, 1.54) is 11.1 Å². The third-order valence-electron chi connectivity index (χ3n) is 2.39. The van der Waals surface area contributed by atoms with Crippen molar-refractivity contribution in [1.82, 2.24) is 15.2 Å². The van der Waals surface area contributed by atoms with Crippen molar-refractivity contribution >= 4 is 17.2 Å². The zero-order valence-electron chi connectivity index (χ0n) is 9.88. The highest BCUT2D eigenvalue weighted by Crippen LogP contribution is 2.15. The molecule has 3 N–H and O–H groups in total. The van der Waals surface area contributed by atoms with Gasteiger partial charge in [-0.15, -0.1) is 16.4 Å². The minimum atomic E-state index is -0.0751. The van der Waals surface area contributed by atoms with Gasteiger partial charge in [-0.2, -0.15) is 5.10 Å². The van der Waals surface area contributed by atoms with Crippen molar-refractivity contribution in [3.05, 3.63) is 33.9 Å². The Morgan fingerprint density at radius 2 is 2.39 bits per heavy atom. The Morgan fingerprint density at radius 3 is 3.06 bits per heavy atom. The number of hydrogen-bond acceptors (Lipinski definition) is 6. The second-order valence-corrected chi connectivity index (χ2v) is 4.56.